The molecule has 9 heteroatoms. The van der Waals surface area contributed by atoms with E-state index in [-0.39, 0.29) is 18.9 Å². The highest BCUT2D eigenvalue weighted by molar-refractivity contribution is 5.74. The summed E-state index contributed by atoms with van der Waals surface area (Å²) >= 11 is 0. The molecule has 1 saturated heterocycles. The van der Waals surface area contributed by atoms with Gasteiger partial charge < -0.3 is 19.7 Å². The van der Waals surface area contributed by atoms with Crippen molar-refractivity contribution >= 4 is 6.03 Å². The molecule has 1 aromatic carbocycles. The number of methoxy groups -OCH3 is 2. The molecule has 168 valence electrons. The minimum atomic E-state index is -4.18. The lowest BCUT2D eigenvalue weighted by molar-refractivity contribution is -0.183. The zero-order valence-corrected chi connectivity index (χ0v) is 17.5. The molecule has 2 aliphatic rings. The zero-order chi connectivity index (χ0) is 21.7. The predicted octanol–water partition coefficient (Wildman–Crippen LogP) is 3.65. The maximum absolute atomic E-state index is 13.0. The van der Waals surface area contributed by atoms with Gasteiger partial charge in [0.1, 0.15) is 11.5 Å². The van der Waals surface area contributed by atoms with Gasteiger partial charge in [0.2, 0.25) is 0 Å². The highest BCUT2D eigenvalue weighted by Gasteiger charge is 2.42. The van der Waals surface area contributed by atoms with Crippen molar-refractivity contribution in [1.29, 1.82) is 0 Å². The van der Waals surface area contributed by atoms with Gasteiger partial charge in [0.15, 0.2) is 0 Å². The van der Waals surface area contributed by atoms with Crippen LogP contribution in [-0.2, 0) is 6.54 Å². The van der Waals surface area contributed by atoms with E-state index in [9.17, 15) is 18.0 Å². The van der Waals surface area contributed by atoms with E-state index in [1.54, 1.807) is 19.1 Å². The van der Waals surface area contributed by atoms with Crippen molar-refractivity contribution in [3.8, 4) is 11.5 Å². The molecule has 0 radical (unpaired) electrons. The molecule has 3 rings (SSSR count). The summed E-state index contributed by atoms with van der Waals surface area (Å²) in [6.07, 6.45) is -2.96. The van der Waals surface area contributed by atoms with Crippen molar-refractivity contribution < 1.29 is 27.4 Å². The summed E-state index contributed by atoms with van der Waals surface area (Å²) < 4.78 is 49.7. The number of hydrogen-bond donors (Lipinski definition) is 1. The van der Waals surface area contributed by atoms with Gasteiger partial charge in [-0.25, -0.2) is 4.79 Å². The summed E-state index contributed by atoms with van der Waals surface area (Å²) in [5.74, 6) is 0.229. The number of hydrogen-bond acceptors (Lipinski definition) is 4. The number of benzene rings is 1. The van der Waals surface area contributed by atoms with E-state index < -0.39 is 18.1 Å². The first kappa shape index (κ1) is 22.5. The van der Waals surface area contributed by atoms with Crippen molar-refractivity contribution in [2.45, 2.75) is 44.4 Å². The maximum atomic E-state index is 13.0. The lowest BCUT2D eigenvalue weighted by atomic mass is 9.85. The van der Waals surface area contributed by atoms with Crippen LogP contribution in [0.15, 0.2) is 18.2 Å². The van der Waals surface area contributed by atoms with E-state index in [2.05, 4.69) is 10.2 Å². The molecule has 1 aliphatic heterocycles. The van der Waals surface area contributed by atoms with E-state index in [1.165, 1.54) is 0 Å². The number of nitrogens with one attached hydrogen (secondary N) is 1. The Kier molecular flexibility index (Phi) is 7.33. The topological polar surface area (TPSA) is 54.0 Å². The largest absolute Gasteiger partial charge is 0.497 e. The van der Waals surface area contributed by atoms with Gasteiger partial charge in [0, 0.05) is 44.3 Å². The van der Waals surface area contributed by atoms with Gasteiger partial charge in [-0.3, -0.25) is 4.90 Å². The Bertz CT molecular complexity index is 721. The number of alkyl halides is 3. The molecular formula is C21H30F3N3O3. The number of carbonyl (C=O) groups is 1. The Morgan fingerprint density at radius 3 is 2.50 bits per heavy atom. The fourth-order valence-corrected chi connectivity index (χ4v) is 4.24. The fourth-order valence-electron chi connectivity index (χ4n) is 4.24. The van der Waals surface area contributed by atoms with E-state index in [1.807, 2.05) is 18.2 Å². The average Bonchev–Trinajstić information content (AvgIpc) is 2.73. The van der Waals surface area contributed by atoms with Crippen LogP contribution in [0.25, 0.3) is 0 Å². The van der Waals surface area contributed by atoms with E-state index in [0.29, 0.717) is 45.6 Å². The Labute approximate surface area is 175 Å². The monoisotopic (exact) mass is 429 g/mol. The molecule has 0 bridgehead atoms. The molecule has 2 fully saturated rings. The summed E-state index contributed by atoms with van der Waals surface area (Å²) in [5.41, 5.74) is 1.01. The number of halogens is 3. The first-order valence-electron chi connectivity index (χ1n) is 10.4. The third kappa shape index (κ3) is 5.71. The molecule has 1 aliphatic carbocycles. The smallest absolute Gasteiger partial charge is 0.391 e. The third-order valence-electron chi connectivity index (χ3n) is 6.01. The SMILES string of the molecule is COc1ccc(OC)c(CN2CCN(C(=O)NC3CCCC(C(F)(F)F)C3)CC2)c1. The van der Waals surface area contributed by atoms with Gasteiger partial charge >= 0.3 is 12.2 Å². The first-order chi connectivity index (χ1) is 14.3. The molecule has 1 aromatic rings. The summed E-state index contributed by atoms with van der Waals surface area (Å²) in [4.78, 5) is 16.5. The standard InChI is InChI=1S/C21H30F3N3O3/c1-29-18-6-7-19(30-2)15(12-18)14-26-8-10-27(11-9-26)20(28)25-17-5-3-4-16(13-17)21(22,23)24/h6-7,12,16-17H,3-5,8-11,13-14H2,1-2H3,(H,25,28). The number of carbonyl (C=O) groups excluding carboxylic acids is 1. The van der Waals surface area contributed by atoms with Crippen LogP contribution >= 0.6 is 0 Å². The summed E-state index contributed by atoms with van der Waals surface area (Å²) in [6.45, 7) is 3.11. The minimum absolute atomic E-state index is 0.0230. The highest BCUT2D eigenvalue weighted by Crippen LogP contribution is 2.37. The Morgan fingerprint density at radius 2 is 1.87 bits per heavy atom. The normalized spacial score (nSPS) is 23.2. The van der Waals surface area contributed by atoms with Crippen LogP contribution in [-0.4, -0.2) is 68.4 Å². The van der Waals surface area contributed by atoms with E-state index in [0.717, 1.165) is 17.1 Å². The van der Waals surface area contributed by atoms with Gasteiger partial charge in [0.05, 0.1) is 20.1 Å². The molecule has 1 saturated carbocycles. The van der Waals surface area contributed by atoms with Crippen LogP contribution in [0.3, 0.4) is 0 Å². The van der Waals surface area contributed by atoms with Crippen molar-refractivity contribution in [2.75, 3.05) is 40.4 Å². The predicted molar refractivity (Wildman–Crippen MR) is 107 cm³/mol. The maximum Gasteiger partial charge on any atom is 0.391 e. The van der Waals surface area contributed by atoms with Crippen LogP contribution in [0.2, 0.25) is 0 Å². The lowest BCUT2D eigenvalue weighted by Crippen LogP contribution is -2.54. The van der Waals surface area contributed by atoms with Gasteiger partial charge in [-0.2, -0.15) is 13.2 Å². The van der Waals surface area contributed by atoms with Crippen molar-refractivity contribution in [3.63, 3.8) is 0 Å². The van der Waals surface area contributed by atoms with Gasteiger partial charge in [0.25, 0.3) is 0 Å². The summed E-state index contributed by atoms with van der Waals surface area (Å²) in [5, 5.41) is 2.82. The Morgan fingerprint density at radius 1 is 1.13 bits per heavy atom. The van der Waals surface area contributed by atoms with Crippen LogP contribution in [0, 0.1) is 5.92 Å². The van der Waals surface area contributed by atoms with Crippen molar-refractivity contribution in [1.82, 2.24) is 15.1 Å². The molecule has 0 spiro atoms. The van der Waals surface area contributed by atoms with Gasteiger partial charge in [-0.15, -0.1) is 0 Å². The van der Waals surface area contributed by atoms with E-state index in [4.69, 9.17) is 9.47 Å². The molecule has 2 amide bonds. The second-order valence-electron chi connectivity index (χ2n) is 7.99. The highest BCUT2D eigenvalue weighted by atomic mass is 19.4. The number of amides is 2. The lowest BCUT2D eigenvalue weighted by Gasteiger charge is -2.37. The molecule has 2 unspecified atom stereocenters. The quantitative estimate of drug-likeness (QED) is 0.776. The van der Waals surface area contributed by atoms with Gasteiger partial charge in [-0.05, 0) is 37.5 Å². The van der Waals surface area contributed by atoms with Crippen molar-refractivity contribution in [2.24, 2.45) is 5.92 Å². The molecule has 0 aromatic heterocycles. The second-order valence-corrected chi connectivity index (χ2v) is 7.99. The Hall–Kier alpha value is -2.16. The van der Waals surface area contributed by atoms with Crippen molar-refractivity contribution in [3.05, 3.63) is 23.8 Å². The van der Waals surface area contributed by atoms with Crippen LogP contribution in [0.4, 0.5) is 18.0 Å². The third-order valence-corrected chi connectivity index (χ3v) is 6.01. The molecular weight excluding hydrogens is 399 g/mol. The number of nitrogens with zero attached hydrogens (tertiary/aromatic N) is 2. The Balaban J connectivity index is 1.49. The zero-order valence-electron chi connectivity index (χ0n) is 17.5. The molecule has 6 nitrogen and oxygen atoms in total. The van der Waals surface area contributed by atoms with Crippen LogP contribution in [0.1, 0.15) is 31.2 Å². The van der Waals surface area contributed by atoms with Crippen LogP contribution < -0.4 is 14.8 Å². The number of urea groups is 1. The number of piperazine rings is 1. The number of ether oxygens (including phenoxy) is 2. The molecule has 1 heterocycles. The number of rotatable bonds is 5. The molecule has 30 heavy (non-hydrogen) atoms. The van der Waals surface area contributed by atoms with Crippen LogP contribution in [0.5, 0.6) is 11.5 Å². The molecule has 1 N–H and O–H groups in total. The second kappa shape index (κ2) is 9.76. The van der Waals surface area contributed by atoms with E-state index >= 15 is 0 Å². The average molecular weight is 429 g/mol. The first-order valence-corrected chi connectivity index (χ1v) is 10.4. The minimum Gasteiger partial charge on any atom is -0.497 e. The fraction of sp³-hybridized carbons (Fsp3) is 0.667. The summed E-state index contributed by atoms with van der Waals surface area (Å²) in [6, 6.07) is 4.99. The summed E-state index contributed by atoms with van der Waals surface area (Å²) in [7, 11) is 3.24. The van der Waals surface area contributed by atoms with Gasteiger partial charge in [-0.1, -0.05) is 6.42 Å². The molecule has 2 atom stereocenters.